The maximum absolute atomic E-state index is 5.67. The van der Waals surface area contributed by atoms with Crippen LogP contribution in [0.2, 0.25) is 0 Å². The molecule has 3 nitrogen and oxygen atoms in total. The van der Waals surface area contributed by atoms with Crippen LogP contribution in [0.1, 0.15) is 30.9 Å². The summed E-state index contributed by atoms with van der Waals surface area (Å²) in [5.74, 6) is 1.86. The predicted octanol–water partition coefficient (Wildman–Crippen LogP) is 4.79. The van der Waals surface area contributed by atoms with Gasteiger partial charge in [-0.2, -0.15) is 0 Å². The summed E-state index contributed by atoms with van der Waals surface area (Å²) in [6, 6.07) is 14.3. The molecule has 0 aliphatic heterocycles. The minimum Gasteiger partial charge on any atom is -0.496 e. The molecule has 1 N–H and O–H groups in total. The Hall–Kier alpha value is -2.16. The molecule has 2 aromatic carbocycles. The van der Waals surface area contributed by atoms with E-state index in [1.54, 1.807) is 7.11 Å². The zero-order valence-electron chi connectivity index (χ0n) is 13.7. The van der Waals surface area contributed by atoms with Gasteiger partial charge in [0.2, 0.25) is 0 Å². The number of ether oxygens (including phenoxy) is 2. The van der Waals surface area contributed by atoms with Crippen molar-refractivity contribution >= 4 is 5.69 Å². The van der Waals surface area contributed by atoms with Gasteiger partial charge in [-0.1, -0.05) is 25.5 Å². The zero-order valence-corrected chi connectivity index (χ0v) is 13.7. The molecule has 0 spiro atoms. The van der Waals surface area contributed by atoms with Crippen molar-refractivity contribution in [2.45, 2.75) is 33.2 Å². The van der Waals surface area contributed by atoms with E-state index in [-0.39, 0.29) is 0 Å². The van der Waals surface area contributed by atoms with Crippen LogP contribution in [0.25, 0.3) is 0 Å². The summed E-state index contributed by atoms with van der Waals surface area (Å²) in [4.78, 5) is 0. The van der Waals surface area contributed by atoms with E-state index < -0.39 is 0 Å². The van der Waals surface area contributed by atoms with E-state index in [0.29, 0.717) is 0 Å². The van der Waals surface area contributed by atoms with Gasteiger partial charge in [0.25, 0.3) is 0 Å². The van der Waals surface area contributed by atoms with Crippen molar-refractivity contribution in [1.82, 2.24) is 0 Å². The lowest BCUT2D eigenvalue weighted by molar-refractivity contribution is 0.309. The quantitative estimate of drug-likeness (QED) is 0.711. The van der Waals surface area contributed by atoms with E-state index in [1.165, 1.54) is 11.1 Å². The summed E-state index contributed by atoms with van der Waals surface area (Å²) >= 11 is 0. The van der Waals surface area contributed by atoms with Crippen LogP contribution in [0.5, 0.6) is 11.5 Å². The molecule has 2 rings (SSSR count). The van der Waals surface area contributed by atoms with Crippen molar-refractivity contribution in [3.63, 3.8) is 0 Å². The molecule has 0 heterocycles. The van der Waals surface area contributed by atoms with Gasteiger partial charge < -0.3 is 14.8 Å². The van der Waals surface area contributed by atoms with E-state index in [2.05, 4.69) is 37.4 Å². The largest absolute Gasteiger partial charge is 0.496 e. The molecule has 0 amide bonds. The van der Waals surface area contributed by atoms with Crippen molar-refractivity contribution < 1.29 is 9.47 Å². The second kappa shape index (κ2) is 8.32. The van der Waals surface area contributed by atoms with Crippen LogP contribution in [0.3, 0.4) is 0 Å². The molecule has 0 saturated carbocycles. The molecular formula is C19H25NO2. The first-order chi connectivity index (χ1) is 10.7. The molecule has 0 atom stereocenters. The van der Waals surface area contributed by atoms with E-state index in [4.69, 9.17) is 9.47 Å². The Morgan fingerprint density at radius 1 is 1.05 bits per heavy atom. The number of methoxy groups -OCH3 is 1. The Balaban J connectivity index is 1.92. The number of rotatable bonds is 8. The molecule has 0 saturated heterocycles. The van der Waals surface area contributed by atoms with Crippen LogP contribution < -0.4 is 14.8 Å². The number of unbranched alkanes of at least 4 members (excludes halogenated alkanes) is 1. The highest BCUT2D eigenvalue weighted by molar-refractivity contribution is 5.48. The monoisotopic (exact) mass is 299 g/mol. The summed E-state index contributed by atoms with van der Waals surface area (Å²) in [6.07, 6.45) is 2.24. The van der Waals surface area contributed by atoms with Gasteiger partial charge in [-0.25, -0.2) is 0 Å². The molecule has 0 radical (unpaired) electrons. The van der Waals surface area contributed by atoms with E-state index >= 15 is 0 Å². The van der Waals surface area contributed by atoms with Gasteiger partial charge in [-0.15, -0.1) is 0 Å². The lowest BCUT2D eigenvalue weighted by Gasteiger charge is -2.12. The predicted molar refractivity (Wildman–Crippen MR) is 91.9 cm³/mol. The third kappa shape index (κ3) is 4.42. The van der Waals surface area contributed by atoms with Crippen molar-refractivity contribution in [1.29, 1.82) is 0 Å². The van der Waals surface area contributed by atoms with Crippen LogP contribution in [0.4, 0.5) is 5.69 Å². The maximum atomic E-state index is 5.67. The van der Waals surface area contributed by atoms with Crippen LogP contribution in [0, 0.1) is 6.92 Å². The normalized spacial score (nSPS) is 10.3. The Morgan fingerprint density at radius 3 is 2.50 bits per heavy atom. The first-order valence-corrected chi connectivity index (χ1v) is 7.83. The SMILES string of the molecule is CCCCOc1ccc(NCc2cccc(OC)c2C)cc1. The number of anilines is 1. The van der Waals surface area contributed by atoms with E-state index in [9.17, 15) is 0 Å². The molecule has 0 aliphatic rings. The highest BCUT2D eigenvalue weighted by atomic mass is 16.5. The van der Waals surface area contributed by atoms with Crippen molar-refractivity contribution in [2.75, 3.05) is 19.0 Å². The molecule has 0 bridgehead atoms. The fourth-order valence-electron chi connectivity index (χ4n) is 2.27. The Bertz CT molecular complexity index is 578. The van der Waals surface area contributed by atoms with Crippen LogP contribution in [0.15, 0.2) is 42.5 Å². The fraction of sp³-hybridized carbons (Fsp3) is 0.368. The van der Waals surface area contributed by atoms with Gasteiger partial charge >= 0.3 is 0 Å². The van der Waals surface area contributed by atoms with Crippen LogP contribution in [-0.4, -0.2) is 13.7 Å². The standard InChI is InChI=1S/C19H25NO2/c1-4-5-13-22-18-11-9-17(10-12-18)20-14-16-7-6-8-19(21-3)15(16)2/h6-12,20H,4-5,13-14H2,1-3H3. The number of hydrogen-bond donors (Lipinski definition) is 1. The summed E-state index contributed by atoms with van der Waals surface area (Å²) in [5, 5.41) is 3.44. The molecule has 0 unspecified atom stereocenters. The number of nitrogens with one attached hydrogen (secondary N) is 1. The Kier molecular flexibility index (Phi) is 6.13. The first-order valence-electron chi connectivity index (χ1n) is 7.83. The molecule has 0 aromatic heterocycles. The number of benzene rings is 2. The average Bonchev–Trinajstić information content (AvgIpc) is 2.55. The summed E-state index contributed by atoms with van der Waals surface area (Å²) < 4.78 is 11.0. The lowest BCUT2D eigenvalue weighted by Crippen LogP contribution is -2.02. The fourth-order valence-corrected chi connectivity index (χ4v) is 2.27. The average molecular weight is 299 g/mol. The summed E-state index contributed by atoms with van der Waals surface area (Å²) in [5.41, 5.74) is 3.50. The third-order valence-corrected chi connectivity index (χ3v) is 3.72. The van der Waals surface area contributed by atoms with Gasteiger partial charge in [-0.05, 0) is 54.8 Å². The summed E-state index contributed by atoms with van der Waals surface area (Å²) in [6.45, 7) is 5.81. The molecule has 22 heavy (non-hydrogen) atoms. The van der Waals surface area contributed by atoms with Crippen LogP contribution in [-0.2, 0) is 6.54 Å². The van der Waals surface area contributed by atoms with Gasteiger partial charge in [-0.3, -0.25) is 0 Å². The van der Waals surface area contributed by atoms with Gasteiger partial charge in [0.05, 0.1) is 13.7 Å². The molecule has 0 fully saturated rings. The molecule has 3 heteroatoms. The number of hydrogen-bond acceptors (Lipinski definition) is 3. The smallest absolute Gasteiger partial charge is 0.122 e. The molecule has 0 aliphatic carbocycles. The van der Waals surface area contributed by atoms with Crippen molar-refractivity contribution in [3.05, 3.63) is 53.6 Å². The minimum atomic E-state index is 0.777. The Morgan fingerprint density at radius 2 is 1.82 bits per heavy atom. The third-order valence-electron chi connectivity index (χ3n) is 3.72. The van der Waals surface area contributed by atoms with E-state index in [1.807, 2.05) is 24.3 Å². The highest BCUT2D eigenvalue weighted by Crippen LogP contribution is 2.22. The lowest BCUT2D eigenvalue weighted by atomic mass is 10.1. The highest BCUT2D eigenvalue weighted by Gasteiger charge is 2.04. The first kappa shape index (κ1) is 16.2. The Labute approximate surface area is 133 Å². The van der Waals surface area contributed by atoms with E-state index in [0.717, 1.165) is 43.2 Å². The zero-order chi connectivity index (χ0) is 15.8. The summed E-state index contributed by atoms with van der Waals surface area (Å²) in [7, 11) is 1.71. The van der Waals surface area contributed by atoms with Gasteiger partial charge in [0, 0.05) is 12.2 Å². The van der Waals surface area contributed by atoms with Crippen molar-refractivity contribution in [3.8, 4) is 11.5 Å². The molecule has 118 valence electrons. The second-order valence-corrected chi connectivity index (χ2v) is 5.32. The van der Waals surface area contributed by atoms with Crippen LogP contribution >= 0.6 is 0 Å². The van der Waals surface area contributed by atoms with Gasteiger partial charge in [0.1, 0.15) is 11.5 Å². The molecular weight excluding hydrogens is 274 g/mol. The minimum absolute atomic E-state index is 0.777. The maximum Gasteiger partial charge on any atom is 0.122 e. The topological polar surface area (TPSA) is 30.5 Å². The second-order valence-electron chi connectivity index (χ2n) is 5.32. The molecule has 2 aromatic rings. The van der Waals surface area contributed by atoms with Crippen molar-refractivity contribution in [2.24, 2.45) is 0 Å². The van der Waals surface area contributed by atoms with Gasteiger partial charge in [0.15, 0.2) is 0 Å².